The van der Waals surface area contributed by atoms with E-state index < -0.39 is 22.0 Å². The fourth-order valence-electron chi connectivity index (χ4n) is 2.72. The zero-order chi connectivity index (χ0) is 14.3. The summed E-state index contributed by atoms with van der Waals surface area (Å²) >= 11 is 0. The number of hydrogen-bond acceptors (Lipinski definition) is 4. The quantitative estimate of drug-likeness (QED) is 0.898. The van der Waals surface area contributed by atoms with Gasteiger partial charge < -0.3 is 9.84 Å². The molecule has 0 saturated carbocycles. The molecule has 1 atom stereocenters. The molecule has 0 amide bonds. The van der Waals surface area contributed by atoms with Crippen molar-refractivity contribution in [3.8, 4) is 0 Å². The Balaban J connectivity index is 1.97. The third kappa shape index (κ3) is 2.11. The van der Waals surface area contributed by atoms with Crippen LogP contribution in [0, 0.1) is 0 Å². The average Bonchev–Trinajstić information content (AvgIpc) is 3.06. The van der Waals surface area contributed by atoms with Crippen molar-refractivity contribution in [3.05, 3.63) is 29.3 Å². The average molecular weight is 297 g/mol. The highest BCUT2D eigenvalue weighted by Crippen LogP contribution is 2.29. The second-order valence-electron chi connectivity index (χ2n) is 5.04. The van der Waals surface area contributed by atoms with Gasteiger partial charge in [-0.3, -0.25) is 4.79 Å². The maximum absolute atomic E-state index is 12.6. The van der Waals surface area contributed by atoms with E-state index in [1.807, 2.05) is 0 Å². The molecule has 7 heteroatoms. The lowest BCUT2D eigenvalue weighted by atomic mass is 10.1. The summed E-state index contributed by atoms with van der Waals surface area (Å²) in [7, 11) is -3.76. The molecule has 20 heavy (non-hydrogen) atoms. The van der Waals surface area contributed by atoms with Crippen molar-refractivity contribution >= 4 is 16.0 Å². The van der Waals surface area contributed by atoms with Gasteiger partial charge in [0.2, 0.25) is 10.0 Å². The van der Waals surface area contributed by atoms with Gasteiger partial charge in [-0.25, -0.2) is 8.42 Å². The minimum Gasteiger partial charge on any atom is -0.480 e. The molecular formula is C13H15NO5S. The van der Waals surface area contributed by atoms with Crippen molar-refractivity contribution in [2.45, 2.75) is 37.0 Å². The molecular weight excluding hydrogens is 282 g/mol. The van der Waals surface area contributed by atoms with Crippen molar-refractivity contribution in [1.82, 2.24) is 4.31 Å². The number of hydrogen-bond donors (Lipinski definition) is 1. The van der Waals surface area contributed by atoms with Crippen molar-refractivity contribution < 1.29 is 23.1 Å². The van der Waals surface area contributed by atoms with Crippen LogP contribution in [0.25, 0.3) is 0 Å². The Morgan fingerprint density at radius 2 is 2.05 bits per heavy atom. The van der Waals surface area contributed by atoms with Crippen molar-refractivity contribution in [2.75, 3.05) is 6.54 Å². The standard InChI is InChI=1S/C13H15NO5S/c15-13(16)12-2-1-5-14(12)20(17,18)11-4-3-9-7-19-8-10(9)6-11/h3-4,6,12H,1-2,5,7-8H2,(H,15,16)/t12-/m0/s1. The van der Waals surface area contributed by atoms with Crippen LogP contribution in [0.5, 0.6) is 0 Å². The highest BCUT2D eigenvalue weighted by atomic mass is 32.2. The number of carboxylic acid groups (broad SMARTS) is 1. The first-order chi connectivity index (χ1) is 9.50. The molecule has 6 nitrogen and oxygen atoms in total. The number of carbonyl (C=O) groups is 1. The number of fused-ring (bicyclic) bond motifs is 1. The van der Waals surface area contributed by atoms with Gasteiger partial charge >= 0.3 is 5.97 Å². The maximum Gasteiger partial charge on any atom is 0.322 e. The number of rotatable bonds is 3. The first kappa shape index (κ1) is 13.5. The van der Waals surface area contributed by atoms with Gasteiger partial charge in [0.25, 0.3) is 0 Å². The predicted octanol–water partition coefficient (Wildman–Crippen LogP) is 0.954. The van der Waals surface area contributed by atoms with Crippen LogP contribution in [0.3, 0.4) is 0 Å². The Kier molecular flexibility index (Phi) is 3.27. The van der Waals surface area contributed by atoms with Gasteiger partial charge in [-0.15, -0.1) is 0 Å². The third-order valence-corrected chi connectivity index (χ3v) is 5.69. The molecule has 108 valence electrons. The Morgan fingerprint density at radius 3 is 2.80 bits per heavy atom. The lowest BCUT2D eigenvalue weighted by Crippen LogP contribution is -2.40. The third-order valence-electron chi connectivity index (χ3n) is 3.79. The number of ether oxygens (including phenoxy) is 1. The lowest BCUT2D eigenvalue weighted by molar-refractivity contribution is -0.140. The van der Waals surface area contributed by atoms with Crippen LogP contribution in [0.1, 0.15) is 24.0 Å². The van der Waals surface area contributed by atoms with Crippen LogP contribution in [0.2, 0.25) is 0 Å². The molecule has 0 unspecified atom stereocenters. The molecule has 2 heterocycles. The molecule has 1 N–H and O–H groups in total. The van der Waals surface area contributed by atoms with Crippen LogP contribution in [-0.4, -0.2) is 36.4 Å². The summed E-state index contributed by atoms with van der Waals surface area (Å²) in [5.41, 5.74) is 1.84. The summed E-state index contributed by atoms with van der Waals surface area (Å²) in [6.45, 7) is 1.16. The predicted molar refractivity (Wildman–Crippen MR) is 69.5 cm³/mol. The number of benzene rings is 1. The van der Waals surface area contributed by atoms with E-state index in [1.54, 1.807) is 12.1 Å². The van der Waals surface area contributed by atoms with Gasteiger partial charge in [0.1, 0.15) is 6.04 Å². The summed E-state index contributed by atoms with van der Waals surface area (Å²) in [6.07, 6.45) is 0.937. The van der Waals surface area contributed by atoms with Gasteiger partial charge in [-0.1, -0.05) is 6.07 Å². The Hall–Kier alpha value is -1.44. The topological polar surface area (TPSA) is 83.9 Å². The van der Waals surface area contributed by atoms with E-state index in [0.717, 1.165) is 15.4 Å². The van der Waals surface area contributed by atoms with Gasteiger partial charge in [0, 0.05) is 6.54 Å². The molecule has 1 saturated heterocycles. The van der Waals surface area contributed by atoms with E-state index in [1.165, 1.54) is 6.07 Å². The molecule has 0 spiro atoms. The number of carboxylic acids is 1. The van der Waals surface area contributed by atoms with Crippen LogP contribution < -0.4 is 0 Å². The van der Waals surface area contributed by atoms with Crippen LogP contribution >= 0.6 is 0 Å². The van der Waals surface area contributed by atoms with E-state index in [0.29, 0.717) is 26.1 Å². The van der Waals surface area contributed by atoms with Crippen LogP contribution in [0.15, 0.2) is 23.1 Å². The molecule has 2 aliphatic rings. The monoisotopic (exact) mass is 297 g/mol. The van der Waals surface area contributed by atoms with Crippen molar-refractivity contribution in [3.63, 3.8) is 0 Å². The summed E-state index contributed by atoms with van der Waals surface area (Å²) in [5.74, 6) is -1.09. The fourth-order valence-corrected chi connectivity index (χ4v) is 4.42. The number of nitrogens with zero attached hydrogens (tertiary/aromatic N) is 1. The Bertz CT molecular complexity index is 655. The number of sulfonamides is 1. The fraction of sp³-hybridized carbons (Fsp3) is 0.462. The highest BCUT2D eigenvalue weighted by Gasteiger charge is 2.39. The van der Waals surface area contributed by atoms with E-state index >= 15 is 0 Å². The molecule has 0 aromatic heterocycles. The van der Waals surface area contributed by atoms with E-state index in [-0.39, 0.29) is 11.4 Å². The molecule has 1 aromatic rings. The smallest absolute Gasteiger partial charge is 0.322 e. The molecule has 0 radical (unpaired) electrons. The van der Waals surface area contributed by atoms with E-state index in [2.05, 4.69) is 0 Å². The van der Waals surface area contributed by atoms with E-state index in [4.69, 9.17) is 9.84 Å². The van der Waals surface area contributed by atoms with Gasteiger partial charge in [0.15, 0.2) is 0 Å². The summed E-state index contributed by atoms with van der Waals surface area (Å²) < 4.78 is 31.5. The second kappa shape index (κ2) is 4.83. The maximum atomic E-state index is 12.6. The summed E-state index contributed by atoms with van der Waals surface area (Å²) in [4.78, 5) is 11.3. The van der Waals surface area contributed by atoms with Crippen molar-refractivity contribution in [2.24, 2.45) is 0 Å². The minimum absolute atomic E-state index is 0.148. The molecule has 2 aliphatic heterocycles. The van der Waals surface area contributed by atoms with Crippen LogP contribution in [0.4, 0.5) is 0 Å². The van der Waals surface area contributed by atoms with Crippen LogP contribution in [-0.2, 0) is 32.8 Å². The SMILES string of the molecule is O=C(O)[C@@H]1CCCN1S(=O)(=O)c1ccc2c(c1)COC2. The van der Waals surface area contributed by atoms with Gasteiger partial charge in [0.05, 0.1) is 18.1 Å². The largest absolute Gasteiger partial charge is 0.480 e. The Labute approximate surface area is 117 Å². The zero-order valence-electron chi connectivity index (χ0n) is 10.8. The number of aliphatic carboxylic acids is 1. The highest BCUT2D eigenvalue weighted by molar-refractivity contribution is 7.89. The molecule has 0 bridgehead atoms. The first-order valence-electron chi connectivity index (χ1n) is 6.44. The lowest BCUT2D eigenvalue weighted by Gasteiger charge is -2.21. The zero-order valence-corrected chi connectivity index (χ0v) is 11.6. The minimum atomic E-state index is -3.76. The molecule has 0 aliphatic carbocycles. The Morgan fingerprint density at radius 1 is 1.30 bits per heavy atom. The first-order valence-corrected chi connectivity index (χ1v) is 7.88. The van der Waals surface area contributed by atoms with E-state index in [9.17, 15) is 13.2 Å². The molecule has 3 rings (SSSR count). The second-order valence-corrected chi connectivity index (χ2v) is 6.93. The van der Waals surface area contributed by atoms with Gasteiger partial charge in [-0.05, 0) is 36.1 Å². The normalized spacial score (nSPS) is 22.9. The summed E-state index contributed by atoms with van der Waals surface area (Å²) in [5, 5.41) is 9.12. The summed E-state index contributed by atoms with van der Waals surface area (Å²) in [6, 6.07) is 3.90. The molecule has 1 aromatic carbocycles. The van der Waals surface area contributed by atoms with Crippen molar-refractivity contribution in [1.29, 1.82) is 0 Å². The molecule has 1 fully saturated rings. The van der Waals surface area contributed by atoms with Gasteiger partial charge in [-0.2, -0.15) is 4.31 Å².